The highest BCUT2D eigenvalue weighted by atomic mass is 19.1. The fourth-order valence-electron chi connectivity index (χ4n) is 2.84. The smallest absolute Gasteiger partial charge is 0.222 e. The highest BCUT2D eigenvalue weighted by Crippen LogP contribution is 2.13. The molecule has 2 aromatic rings. The number of aromatic nitrogens is 4. The van der Waals surface area contributed by atoms with Gasteiger partial charge >= 0.3 is 0 Å². The molecule has 8 heteroatoms. The molecule has 0 N–H and O–H groups in total. The van der Waals surface area contributed by atoms with Crippen molar-refractivity contribution in [3.05, 3.63) is 35.9 Å². The van der Waals surface area contributed by atoms with Crippen LogP contribution in [0.2, 0.25) is 0 Å². The molecule has 0 aliphatic carbocycles. The lowest BCUT2D eigenvalue weighted by Gasteiger charge is -2.34. The first-order valence-corrected chi connectivity index (χ1v) is 8.20. The number of amides is 1. The van der Waals surface area contributed by atoms with E-state index in [9.17, 15) is 9.18 Å². The Balaban J connectivity index is 1.62. The van der Waals surface area contributed by atoms with Crippen molar-refractivity contribution >= 4 is 5.91 Å². The summed E-state index contributed by atoms with van der Waals surface area (Å²) < 4.78 is 15.0. The van der Waals surface area contributed by atoms with Crippen LogP contribution >= 0.6 is 0 Å². The van der Waals surface area contributed by atoms with E-state index in [4.69, 9.17) is 0 Å². The van der Waals surface area contributed by atoms with Gasteiger partial charge in [0.1, 0.15) is 5.82 Å². The zero-order valence-electron chi connectivity index (χ0n) is 13.7. The monoisotopic (exact) mass is 332 g/mol. The molecule has 128 valence electrons. The number of carbonyl (C=O) groups is 1. The van der Waals surface area contributed by atoms with E-state index in [1.54, 1.807) is 16.8 Å². The molecule has 1 amide bonds. The zero-order chi connectivity index (χ0) is 16.9. The minimum absolute atomic E-state index is 0.224. The van der Waals surface area contributed by atoms with Gasteiger partial charge in [0, 0.05) is 32.6 Å². The van der Waals surface area contributed by atoms with E-state index < -0.39 is 0 Å². The van der Waals surface area contributed by atoms with Crippen LogP contribution in [0.5, 0.6) is 0 Å². The highest BCUT2D eigenvalue weighted by Gasteiger charge is 2.22. The molecular formula is C16H21FN6O. The van der Waals surface area contributed by atoms with Gasteiger partial charge < -0.3 is 4.90 Å². The number of carbonyl (C=O) groups excluding carboxylic acids is 1. The minimum atomic E-state index is -0.322. The molecule has 0 atom stereocenters. The Hall–Kier alpha value is -2.35. The van der Waals surface area contributed by atoms with Gasteiger partial charge in [-0.15, -0.1) is 5.10 Å². The molecule has 1 aromatic heterocycles. The summed E-state index contributed by atoms with van der Waals surface area (Å²) in [7, 11) is 0. The molecule has 0 saturated carbocycles. The molecule has 1 fully saturated rings. The topological polar surface area (TPSA) is 67.2 Å². The van der Waals surface area contributed by atoms with E-state index in [0.29, 0.717) is 24.5 Å². The predicted molar refractivity (Wildman–Crippen MR) is 85.9 cm³/mol. The van der Waals surface area contributed by atoms with Crippen LogP contribution < -0.4 is 0 Å². The molecule has 3 rings (SSSR count). The largest absolute Gasteiger partial charge is 0.340 e. The van der Waals surface area contributed by atoms with Crippen molar-refractivity contribution in [3.8, 4) is 5.69 Å². The van der Waals surface area contributed by atoms with Gasteiger partial charge in [0.2, 0.25) is 5.91 Å². The summed E-state index contributed by atoms with van der Waals surface area (Å²) in [5.74, 6) is 0.563. The fourth-order valence-corrected chi connectivity index (χ4v) is 2.84. The summed E-state index contributed by atoms with van der Waals surface area (Å²) in [5, 5.41) is 11.7. The first-order chi connectivity index (χ1) is 11.7. The summed E-state index contributed by atoms with van der Waals surface area (Å²) in [6.45, 7) is 5.59. The minimum Gasteiger partial charge on any atom is -0.340 e. The number of rotatable bonds is 5. The average Bonchev–Trinajstić information content (AvgIpc) is 3.04. The van der Waals surface area contributed by atoms with Crippen molar-refractivity contribution in [3.63, 3.8) is 0 Å². The Morgan fingerprint density at radius 2 is 2.04 bits per heavy atom. The molecule has 2 heterocycles. The number of halogens is 1. The zero-order valence-corrected chi connectivity index (χ0v) is 13.7. The Kier molecular flexibility index (Phi) is 5.14. The second kappa shape index (κ2) is 7.48. The number of hydrogen-bond acceptors (Lipinski definition) is 5. The first-order valence-electron chi connectivity index (χ1n) is 8.20. The van der Waals surface area contributed by atoms with Gasteiger partial charge in [-0.2, -0.15) is 4.68 Å². The molecule has 0 radical (unpaired) electrons. The molecule has 1 aliphatic rings. The summed E-state index contributed by atoms with van der Waals surface area (Å²) in [6, 6.07) is 6.19. The second-order valence-electron chi connectivity index (χ2n) is 5.89. The second-order valence-corrected chi connectivity index (χ2v) is 5.89. The molecular weight excluding hydrogens is 311 g/mol. The van der Waals surface area contributed by atoms with E-state index in [2.05, 4.69) is 20.4 Å². The third kappa shape index (κ3) is 3.76. The van der Waals surface area contributed by atoms with Crippen molar-refractivity contribution in [1.82, 2.24) is 30.0 Å². The summed E-state index contributed by atoms with van der Waals surface area (Å²) in [4.78, 5) is 16.0. The van der Waals surface area contributed by atoms with Crippen LogP contribution in [0.4, 0.5) is 4.39 Å². The highest BCUT2D eigenvalue weighted by molar-refractivity contribution is 5.76. The predicted octanol–water partition coefficient (Wildman–Crippen LogP) is 1.25. The Morgan fingerprint density at radius 3 is 2.75 bits per heavy atom. The van der Waals surface area contributed by atoms with Crippen molar-refractivity contribution in [2.45, 2.75) is 26.3 Å². The van der Waals surface area contributed by atoms with Crippen molar-refractivity contribution in [1.29, 1.82) is 0 Å². The van der Waals surface area contributed by atoms with E-state index in [0.717, 1.165) is 32.6 Å². The third-order valence-corrected chi connectivity index (χ3v) is 4.14. The van der Waals surface area contributed by atoms with Gasteiger partial charge in [-0.3, -0.25) is 9.69 Å². The third-order valence-electron chi connectivity index (χ3n) is 4.14. The molecule has 1 saturated heterocycles. The van der Waals surface area contributed by atoms with Crippen molar-refractivity contribution in [2.24, 2.45) is 0 Å². The number of tetrazole rings is 1. The molecule has 0 spiro atoms. The Bertz CT molecular complexity index is 695. The lowest BCUT2D eigenvalue weighted by molar-refractivity contribution is -0.133. The molecule has 1 aliphatic heterocycles. The van der Waals surface area contributed by atoms with Crippen LogP contribution in [0.15, 0.2) is 24.3 Å². The van der Waals surface area contributed by atoms with Crippen LogP contribution in [-0.2, 0) is 11.3 Å². The number of nitrogens with zero attached hydrogens (tertiary/aromatic N) is 6. The molecule has 0 bridgehead atoms. The maximum Gasteiger partial charge on any atom is 0.222 e. The quantitative estimate of drug-likeness (QED) is 0.824. The molecule has 7 nitrogen and oxygen atoms in total. The number of hydrogen-bond donors (Lipinski definition) is 0. The van der Waals surface area contributed by atoms with Crippen LogP contribution in [0.25, 0.3) is 5.69 Å². The van der Waals surface area contributed by atoms with Crippen LogP contribution in [0.1, 0.15) is 25.6 Å². The lowest BCUT2D eigenvalue weighted by Crippen LogP contribution is -2.48. The van der Waals surface area contributed by atoms with Gasteiger partial charge in [-0.25, -0.2) is 4.39 Å². The van der Waals surface area contributed by atoms with Crippen molar-refractivity contribution in [2.75, 3.05) is 26.2 Å². The van der Waals surface area contributed by atoms with Gasteiger partial charge in [0.15, 0.2) is 5.82 Å². The van der Waals surface area contributed by atoms with E-state index in [1.165, 1.54) is 12.1 Å². The Labute approximate surface area is 140 Å². The Morgan fingerprint density at radius 1 is 1.25 bits per heavy atom. The molecule has 24 heavy (non-hydrogen) atoms. The normalized spacial score (nSPS) is 15.7. The van der Waals surface area contributed by atoms with Gasteiger partial charge in [0.25, 0.3) is 0 Å². The van der Waals surface area contributed by atoms with Crippen molar-refractivity contribution < 1.29 is 9.18 Å². The molecule has 0 unspecified atom stereocenters. The average molecular weight is 332 g/mol. The van der Waals surface area contributed by atoms with E-state index in [-0.39, 0.29) is 11.7 Å². The maximum atomic E-state index is 13.4. The fraction of sp³-hybridized carbons (Fsp3) is 0.500. The van der Waals surface area contributed by atoms with E-state index >= 15 is 0 Å². The SMILES string of the molecule is CCCC(=O)N1CCN(Cc2nnnn2-c2cccc(F)c2)CC1. The van der Waals surface area contributed by atoms with Crippen LogP contribution in [0, 0.1) is 5.82 Å². The molecule has 1 aromatic carbocycles. The van der Waals surface area contributed by atoms with Gasteiger partial charge in [0.05, 0.1) is 12.2 Å². The first kappa shape index (κ1) is 16.5. The summed E-state index contributed by atoms with van der Waals surface area (Å²) >= 11 is 0. The van der Waals surface area contributed by atoms with Gasteiger partial charge in [-0.05, 0) is 35.0 Å². The maximum absolute atomic E-state index is 13.4. The van der Waals surface area contributed by atoms with E-state index in [1.807, 2.05) is 11.8 Å². The summed E-state index contributed by atoms with van der Waals surface area (Å²) in [5.41, 5.74) is 0.603. The van der Waals surface area contributed by atoms with Crippen LogP contribution in [-0.4, -0.2) is 62.1 Å². The number of benzene rings is 1. The lowest BCUT2D eigenvalue weighted by atomic mass is 10.2. The summed E-state index contributed by atoms with van der Waals surface area (Å²) in [6.07, 6.45) is 1.49. The number of piperazine rings is 1. The van der Waals surface area contributed by atoms with Gasteiger partial charge in [-0.1, -0.05) is 13.0 Å². The standard InChI is InChI=1S/C16H21FN6O/c1-2-4-16(24)22-9-7-21(8-10-22)12-15-18-19-20-23(15)14-6-3-5-13(17)11-14/h3,5-6,11H,2,4,7-10,12H2,1H3. The van der Waals surface area contributed by atoms with Crippen LogP contribution in [0.3, 0.4) is 0 Å².